The summed E-state index contributed by atoms with van der Waals surface area (Å²) in [5.41, 5.74) is 7.33. The Morgan fingerprint density at radius 2 is 2.21 bits per heavy atom. The fourth-order valence-corrected chi connectivity index (χ4v) is 2.13. The Kier molecular flexibility index (Phi) is 4.52. The smallest absolute Gasteiger partial charge is 0.240 e. The number of hydrogen-bond donors (Lipinski definition) is 2. The van der Waals surface area contributed by atoms with Crippen molar-refractivity contribution in [2.45, 2.75) is 26.3 Å². The molecule has 0 radical (unpaired) electrons. The number of benzene rings is 1. The van der Waals surface area contributed by atoms with Crippen molar-refractivity contribution >= 4 is 16.9 Å². The van der Waals surface area contributed by atoms with Crippen LogP contribution in [0.2, 0.25) is 0 Å². The van der Waals surface area contributed by atoms with Gasteiger partial charge in [-0.25, -0.2) is 4.98 Å². The SMILES string of the molecule is CCCc1nc2ccccc2n1CC(=O)NCCN. The van der Waals surface area contributed by atoms with E-state index in [1.807, 2.05) is 28.8 Å². The number of fused-ring (bicyclic) bond motifs is 1. The Morgan fingerprint density at radius 1 is 1.42 bits per heavy atom. The highest BCUT2D eigenvalue weighted by Crippen LogP contribution is 2.16. The molecule has 0 fully saturated rings. The minimum absolute atomic E-state index is 0.0223. The summed E-state index contributed by atoms with van der Waals surface area (Å²) in [6.45, 7) is 3.38. The van der Waals surface area contributed by atoms with Gasteiger partial charge in [-0.15, -0.1) is 0 Å². The zero-order valence-electron chi connectivity index (χ0n) is 11.2. The maximum absolute atomic E-state index is 11.9. The lowest BCUT2D eigenvalue weighted by molar-refractivity contribution is -0.121. The fraction of sp³-hybridized carbons (Fsp3) is 0.429. The van der Waals surface area contributed by atoms with Gasteiger partial charge in [0.2, 0.25) is 5.91 Å². The van der Waals surface area contributed by atoms with E-state index in [2.05, 4.69) is 17.2 Å². The van der Waals surface area contributed by atoms with Crippen LogP contribution in [0.5, 0.6) is 0 Å². The summed E-state index contributed by atoms with van der Waals surface area (Å²) in [6, 6.07) is 7.90. The zero-order chi connectivity index (χ0) is 13.7. The number of carbonyl (C=O) groups is 1. The van der Waals surface area contributed by atoms with Crippen molar-refractivity contribution in [2.75, 3.05) is 13.1 Å². The Balaban J connectivity index is 2.28. The maximum atomic E-state index is 11.9. The average molecular weight is 260 g/mol. The molecule has 5 heteroatoms. The first-order chi connectivity index (χ1) is 9.26. The summed E-state index contributed by atoms with van der Waals surface area (Å²) < 4.78 is 1.99. The van der Waals surface area contributed by atoms with Crippen molar-refractivity contribution in [3.63, 3.8) is 0 Å². The minimum Gasteiger partial charge on any atom is -0.353 e. The molecule has 19 heavy (non-hydrogen) atoms. The second-order valence-corrected chi connectivity index (χ2v) is 4.49. The number of nitrogens with two attached hydrogens (primary N) is 1. The Morgan fingerprint density at radius 3 is 2.95 bits per heavy atom. The summed E-state index contributed by atoms with van der Waals surface area (Å²) in [5.74, 6) is 0.942. The highest BCUT2D eigenvalue weighted by molar-refractivity contribution is 5.81. The predicted molar refractivity (Wildman–Crippen MR) is 75.8 cm³/mol. The topological polar surface area (TPSA) is 72.9 Å². The Bertz CT molecular complexity index is 562. The molecule has 0 aliphatic heterocycles. The van der Waals surface area contributed by atoms with Crippen molar-refractivity contribution in [1.29, 1.82) is 0 Å². The molecule has 0 aliphatic carbocycles. The lowest BCUT2D eigenvalue weighted by Crippen LogP contribution is -2.32. The number of nitrogens with zero attached hydrogens (tertiary/aromatic N) is 2. The molecule has 0 spiro atoms. The maximum Gasteiger partial charge on any atom is 0.240 e. The molecule has 1 heterocycles. The van der Waals surface area contributed by atoms with Gasteiger partial charge in [-0.05, 0) is 18.6 Å². The van der Waals surface area contributed by atoms with Gasteiger partial charge in [-0.1, -0.05) is 19.1 Å². The van der Waals surface area contributed by atoms with Gasteiger partial charge in [0, 0.05) is 19.5 Å². The van der Waals surface area contributed by atoms with Crippen LogP contribution in [0.3, 0.4) is 0 Å². The molecule has 2 rings (SSSR count). The number of rotatable bonds is 6. The molecule has 0 atom stereocenters. The number of hydrogen-bond acceptors (Lipinski definition) is 3. The molecule has 0 saturated heterocycles. The number of carbonyl (C=O) groups excluding carboxylic acids is 1. The van der Waals surface area contributed by atoms with Crippen LogP contribution >= 0.6 is 0 Å². The third kappa shape index (κ3) is 3.12. The first-order valence-electron chi connectivity index (χ1n) is 6.67. The van der Waals surface area contributed by atoms with Gasteiger partial charge in [0.1, 0.15) is 12.4 Å². The van der Waals surface area contributed by atoms with E-state index in [0.29, 0.717) is 19.6 Å². The van der Waals surface area contributed by atoms with Gasteiger partial charge in [0.05, 0.1) is 11.0 Å². The van der Waals surface area contributed by atoms with Crippen molar-refractivity contribution in [3.05, 3.63) is 30.1 Å². The minimum atomic E-state index is -0.0223. The summed E-state index contributed by atoms with van der Waals surface area (Å²) in [6.07, 6.45) is 1.88. The molecular weight excluding hydrogens is 240 g/mol. The van der Waals surface area contributed by atoms with Gasteiger partial charge in [0.15, 0.2) is 0 Å². The standard InChI is InChI=1S/C14H20N4O/c1-2-5-13-17-11-6-3-4-7-12(11)18(13)10-14(19)16-9-8-15/h3-4,6-7H,2,5,8-10,15H2,1H3,(H,16,19). The zero-order valence-corrected chi connectivity index (χ0v) is 11.2. The predicted octanol–water partition coefficient (Wildman–Crippen LogP) is 1.06. The van der Waals surface area contributed by atoms with Gasteiger partial charge in [0.25, 0.3) is 0 Å². The van der Waals surface area contributed by atoms with Crippen molar-refractivity contribution in [1.82, 2.24) is 14.9 Å². The summed E-state index contributed by atoms with van der Waals surface area (Å²) in [7, 11) is 0. The number of aromatic nitrogens is 2. The molecular formula is C14H20N4O. The van der Waals surface area contributed by atoms with Crippen molar-refractivity contribution < 1.29 is 4.79 Å². The van der Waals surface area contributed by atoms with E-state index in [0.717, 1.165) is 29.7 Å². The third-order valence-corrected chi connectivity index (χ3v) is 2.98. The number of nitrogens with one attached hydrogen (secondary N) is 1. The first-order valence-corrected chi connectivity index (χ1v) is 6.67. The van der Waals surface area contributed by atoms with Crippen LogP contribution in [-0.4, -0.2) is 28.5 Å². The molecule has 0 bridgehead atoms. The van der Waals surface area contributed by atoms with E-state index < -0.39 is 0 Å². The number of aryl methyl sites for hydroxylation is 1. The summed E-state index contributed by atoms with van der Waals surface area (Å²) in [5, 5.41) is 2.79. The van der Waals surface area contributed by atoms with E-state index in [1.165, 1.54) is 0 Å². The van der Waals surface area contributed by atoms with E-state index in [1.54, 1.807) is 0 Å². The van der Waals surface area contributed by atoms with E-state index in [4.69, 9.17) is 5.73 Å². The first kappa shape index (κ1) is 13.5. The Hall–Kier alpha value is -1.88. The van der Waals surface area contributed by atoms with Crippen LogP contribution in [0.15, 0.2) is 24.3 Å². The Labute approximate surface area is 112 Å². The molecule has 0 aliphatic rings. The highest BCUT2D eigenvalue weighted by atomic mass is 16.1. The van der Waals surface area contributed by atoms with Crippen LogP contribution in [0.25, 0.3) is 11.0 Å². The average Bonchev–Trinajstić information content (AvgIpc) is 2.75. The van der Waals surface area contributed by atoms with Crippen LogP contribution < -0.4 is 11.1 Å². The summed E-state index contributed by atoms with van der Waals surface area (Å²) in [4.78, 5) is 16.4. The lowest BCUT2D eigenvalue weighted by Gasteiger charge is -2.09. The lowest BCUT2D eigenvalue weighted by atomic mass is 10.3. The molecule has 1 aromatic heterocycles. The molecule has 2 aromatic rings. The van der Waals surface area contributed by atoms with E-state index in [-0.39, 0.29) is 5.91 Å². The second-order valence-electron chi connectivity index (χ2n) is 4.49. The van der Waals surface area contributed by atoms with Gasteiger partial charge in [-0.3, -0.25) is 4.79 Å². The van der Waals surface area contributed by atoms with Crippen LogP contribution in [-0.2, 0) is 17.8 Å². The number of imidazole rings is 1. The van der Waals surface area contributed by atoms with Crippen LogP contribution in [0.1, 0.15) is 19.2 Å². The normalized spacial score (nSPS) is 10.8. The number of para-hydroxylation sites is 2. The molecule has 0 unspecified atom stereocenters. The second kappa shape index (κ2) is 6.33. The molecule has 5 nitrogen and oxygen atoms in total. The van der Waals surface area contributed by atoms with Crippen molar-refractivity contribution in [3.8, 4) is 0 Å². The molecule has 1 amide bonds. The summed E-state index contributed by atoms with van der Waals surface area (Å²) >= 11 is 0. The van der Waals surface area contributed by atoms with Gasteiger partial charge < -0.3 is 15.6 Å². The molecule has 3 N–H and O–H groups in total. The van der Waals surface area contributed by atoms with Gasteiger partial charge >= 0.3 is 0 Å². The van der Waals surface area contributed by atoms with Crippen LogP contribution in [0, 0.1) is 0 Å². The largest absolute Gasteiger partial charge is 0.353 e. The monoisotopic (exact) mass is 260 g/mol. The molecule has 102 valence electrons. The molecule has 0 saturated carbocycles. The quantitative estimate of drug-likeness (QED) is 0.815. The fourth-order valence-electron chi connectivity index (χ4n) is 2.13. The third-order valence-electron chi connectivity index (χ3n) is 2.98. The van der Waals surface area contributed by atoms with E-state index in [9.17, 15) is 4.79 Å². The highest BCUT2D eigenvalue weighted by Gasteiger charge is 2.12. The van der Waals surface area contributed by atoms with Gasteiger partial charge in [-0.2, -0.15) is 0 Å². The number of amides is 1. The van der Waals surface area contributed by atoms with Crippen LogP contribution in [0.4, 0.5) is 0 Å². The van der Waals surface area contributed by atoms with E-state index >= 15 is 0 Å². The molecule has 1 aromatic carbocycles. The van der Waals surface area contributed by atoms with Crippen molar-refractivity contribution in [2.24, 2.45) is 5.73 Å².